The van der Waals surface area contributed by atoms with Gasteiger partial charge in [-0.15, -0.1) is 0 Å². The number of benzene rings is 1. The summed E-state index contributed by atoms with van der Waals surface area (Å²) in [4.78, 5) is 21.6. The monoisotopic (exact) mass is 455 g/mol. The van der Waals surface area contributed by atoms with Crippen molar-refractivity contribution in [3.8, 4) is 11.3 Å². The molecule has 4 aromatic rings. The molecular weight excluding hydrogens is 437 g/mol. The maximum Gasteiger partial charge on any atom is 0.274 e. The van der Waals surface area contributed by atoms with Crippen molar-refractivity contribution in [3.05, 3.63) is 76.4 Å². The largest absolute Gasteiger partial charge is 0.468 e. The predicted molar refractivity (Wildman–Crippen MR) is 118 cm³/mol. The van der Waals surface area contributed by atoms with Crippen LogP contribution in [-0.2, 0) is 6.54 Å². The number of carbonyl (C=O) groups is 1. The zero-order valence-corrected chi connectivity index (χ0v) is 18.1. The Kier molecular flexibility index (Phi) is 5.40. The third-order valence-corrected chi connectivity index (χ3v) is 5.79. The summed E-state index contributed by atoms with van der Waals surface area (Å²) in [5, 5.41) is 5.61. The number of aromatic nitrogens is 3. The second-order valence-electron chi connectivity index (χ2n) is 7.44. The van der Waals surface area contributed by atoms with Crippen LogP contribution < -0.4 is 0 Å². The topological polar surface area (TPSA) is 66.9 Å². The van der Waals surface area contributed by atoms with E-state index in [4.69, 9.17) is 27.6 Å². The van der Waals surface area contributed by atoms with E-state index in [1.807, 2.05) is 35.2 Å². The van der Waals surface area contributed by atoms with Gasteiger partial charge in [-0.05, 0) is 36.4 Å². The van der Waals surface area contributed by atoms with Crippen molar-refractivity contribution in [2.24, 2.45) is 0 Å². The fraction of sp³-hybridized carbons (Fsp3) is 0.227. The van der Waals surface area contributed by atoms with Gasteiger partial charge in [-0.3, -0.25) is 9.69 Å². The highest BCUT2D eigenvalue weighted by Crippen LogP contribution is 2.27. The number of furan rings is 1. The van der Waals surface area contributed by atoms with E-state index in [2.05, 4.69) is 15.0 Å². The summed E-state index contributed by atoms with van der Waals surface area (Å²) in [7, 11) is 0. The van der Waals surface area contributed by atoms with Crippen molar-refractivity contribution in [2.45, 2.75) is 6.54 Å². The molecule has 3 aromatic heterocycles. The number of piperazine rings is 1. The van der Waals surface area contributed by atoms with E-state index in [9.17, 15) is 4.79 Å². The van der Waals surface area contributed by atoms with Gasteiger partial charge < -0.3 is 9.32 Å². The second-order valence-corrected chi connectivity index (χ2v) is 8.31. The minimum Gasteiger partial charge on any atom is -0.468 e. The van der Waals surface area contributed by atoms with Gasteiger partial charge in [0.2, 0.25) is 0 Å². The van der Waals surface area contributed by atoms with Gasteiger partial charge in [0, 0.05) is 54.1 Å². The van der Waals surface area contributed by atoms with Crippen molar-refractivity contribution in [3.63, 3.8) is 0 Å². The summed E-state index contributed by atoms with van der Waals surface area (Å²) in [5.74, 6) is 0.832. The van der Waals surface area contributed by atoms with Crippen LogP contribution >= 0.6 is 23.2 Å². The number of carbonyl (C=O) groups excluding carboxylic acids is 1. The Bertz CT molecular complexity index is 1210. The molecule has 0 spiro atoms. The van der Waals surface area contributed by atoms with Crippen LogP contribution in [0.4, 0.5) is 0 Å². The maximum absolute atomic E-state index is 13.1. The highest BCUT2D eigenvalue weighted by molar-refractivity contribution is 6.35. The quantitative estimate of drug-likeness (QED) is 0.459. The second kappa shape index (κ2) is 8.34. The number of halogens is 2. The van der Waals surface area contributed by atoms with E-state index >= 15 is 0 Å². The Balaban J connectivity index is 1.35. The van der Waals surface area contributed by atoms with Gasteiger partial charge in [0.05, 0.1) is 18.5 Å². The van der Waals surface area contributed by atoms with Crippen LogP contribution in [0, 0.1) is 0 Å². The Morgan fingerprint density at radius 1 is 1.03 bits per heavy atom. The van der Waals surface area contributed by atoms with E-state index in [1.165, 1.54) is 0 Å². The standard InChI is InChI=1S/C22H19Cl2N5O2/c23-16-10-15(11-17(24)12-16)20-3-4-25-21-13-19(26-29(20)21)22(30)28-7-5-27(6-8-28)14-18-2-1-9-31-18/h1-4,9-13H,5-8,14H2. The summed E-state index contributed by atoms with van der Waals surface area (Å²) >= 11 is 12.3. The van der Waals surface area contributed by atoms with Gasteiger partial charge in [-0.2, -0.15) is 5.10 Å². The number of rotatable bonds is 4. The first-order valence-corrected chi connectivity index (χ1v) is 10.7. The average molecular weight is 456 g/mol. The van der Waals surface area contributed by atoms with Crippen LogP contribution in [0.25, 0.3) is 16.9 Å². The molecule has 0 atom stereocenters. The molecule has 0 aliphatic carbocycles. The van der Waals surface area contributed by atoms with E-state index < -0.39 is 0 Å². The molecule has 1 fully saturated rings. The lowest BCUT2D eigenvalue weighted by atomic mass is 10.1. The lowest BCUT2D eigenvalue weighted by Gasteiger charge is -2.33. The van der Waals surface area contributed by atoms with Gasteiger partial charge in [0.15, 0.2) is 11.3 Å². The first kappa shape index (κ1) is 20.1. The molecule has 31 heavy (non-hydrogen) atoms. The number of fused-ring (bicyclic) bond motifs is 1. The van der Waals surface area contributed by atoms with Gasteiger partial charge in [0.1, 0.15) is 5.76 Å². The minimum atomic E-state index is -0.0989. The van der Waals surface area contributed by atoms with Crippen LogP contribution in [-0.4, -0.2) is 56.5 Å². The normalized spacial score (nSPS) is 15.0. The molecule has 9 heteroatoms. The minimum absolute atomic E-state index is 0.0989. The van der Waals surface area contributed by atoms with Crippen LogP contribution in [0.2, 0.25) is 10.0 Å². The number of nitrogens with zero attached hydrogens (tertiary/aromatic N) is 5. The third kappa shape index (κ3) is 4.17. The molecule has 0 saturated carbocycles. The predicted octanol–water partition coefficient (Wildman–Crippen LogP) is 4.25. The lowest BCUT2D eigenvalue weighted by molar-refractivity contribution is 0.0614. The molecule has 0 N–H and O–H groups in total. The van der Waals surface area contributed by atoms with E-state index in [0.29, 0.717) is 34.5 Å². The Morgan fingerprint density at radius 3 is 2.52 bits per heavy atom. The summed E-state index contributed by atoms with van der Waals surface area (Å²) in [6.07, 6.45) is 3.36. The molecule has 1 saturated heterocycles. The number of amides is 1. The van der Waals surface area contributed by atoms with Crippen LogP contribution in [0.5, 0.6) is 0 Å². The van der Waals surface area contributed by atoms with Crippen molar-refractivity contribution in [1.82, 2.24) is 24.4 Å². The highest BCUT2D eigenvalue weighted by atomic mass is 35.5. The Labute approximate surface area is 188 Å². The van der Waals surface area contributed by atoms with Crippen molar-refractivity contribution < 1.29 is 9.21 Å². The van der Waals surface area contributed by atoms with E-state index in [1.54, 1.807) is 29.1 Å². The van der Waals surface area contributed by atoms with Gasteiger partial charge >= 0.3 is 0 Å². The summed E-state index contributed by atoms with van der Waals surface area (Å²) in [6.45, 7) is 3.59. The zero-order valence-electron chi connectivity index (χ0n) is 16.5. The number of hydrogen-bond donors (Lipinski definition) is 0. The van der Waals surface area contributed by atoms with Crippen molar-refractivity contribution in [1.29, 1.82) is 0 Å². The Hall–Kier alpha value is -2.87. The fourth-order valence-electron chi connectivity index (χ4n) is 3.81. The molecule has 5 rings (SSSR count). The van der Waals surface area contributed by atoms with Crippen LogP contribution in [0.1, 0.15) is 16.2 Å². The zero-order chi connectivity index (χ0) is 21.4. The maximum atomic E-state index is 13.1. The van der Waals surface area contributed by atoms with Crippen LogP contribution in [0.15, 0.2) is 59.3 Å². The van der Waals surface area contributed by atoms with Crippen molar-refractivity contribution in [2.75, 3.05) is 26.2 Å². The molecule has 1 aromatic carbocycles. The molecule has 7 nitrogen and oxygen atoms in total. The fourth-order valence-corrected chi connectivity index (χ4v) is 4.34. The first-order chi connectivity index (χ1) is 15.1. The molecule has 1 amide bonds. The van der Waals surface area contributed by atoms with Gasteiger partial charge in [-0.1, -0.05) is 23.2 Å². The summed E-state index contributed by atoms with van der Waals surface area (Å²) < 4.78 is 7.07. The molecule has 1 aliphatic rings. The number of hydrogen-bond acceptors (Lipinski definition) is 5. The first-order valence-electron chi connectivity index (χ1n) is 9.92. The van der Waals surface area contributed by atoms with E-state index in [0.717, 1.165) is 36.7 Å². The van der Waals surface area contributed by atoms with Gasteiger partial charge in [-0.25, -0.2) is 9.50 Å². The third-order valence-electron chi connectivity index (χ3n) is 5.35. The molecule has 158 valence electrons. The highest BCUT2D eigenvalue weighted by Gasteiger charge is 2.25. The van der Waals surface area contributed by atoms with E-state index in [-0.39, 0.29) is 5.91 Å². The Morgan fingerprint density at radius 2 is 1.81 bits per heavy atom. The summed E-state index contributed by atoms with van der Waals surface area (Å²) in [5.41, 5.74) is 2.52. The molecule has 0 unspecified atom stereocenters. The van der Waals surface area contributed by atoms with Crippen LogP contribution in [0.3, 0.4) is 0 Å². The van der Waals surface area contributed by atoms with Crippen molar-refractivity contribution >= 4 is 34.8 Å². The smallest absolute Gasteiger partial charge is 0.274 e. The average Bonchev–Trinajstić information content (AvgIpc) is 3.42. The molecule has 4 heterocycles. The lowest BCUT2D eigenvalue weighted by Crippen LogP contribution is -2.48. The van der Waals surface area contributed by atoms with Gasteiger partial charge in [0.25, 0.3) is 5.91 Å². The molecular formula is C22H19Cl2N5O2. The summed E-state index contributed by atoms with van der Waals surface area (Å²) in [6, 6.07) is 12.7. The molecule has 1 aliphatic heterocycles. The molecule has 0 radical (unpaired) electrons. The molecule has 0 bridgehead atoms. The SMILES string of the molecule is O=C(c1cc2nccc(-c3cc(Cl)cc(Cl)c3)n2n1)N1CCN(Cc2ccco2)CC1.